The molecule has 3 aromatic heterocycles. The summed E-state index contributed by atoms with van der Waals surface area (Å²) in [6.07, 6.45) is 7.11. The van der Waals surface area contributed by atoms with Gasteiger partial charge in [0.25, 0.3) is 0 Å². The lowest BCUT2D eigenvalue weighted by molar-refractivity contribution is 0.498. The fraction of sp³-hybridized carbons (Fsp3) is 0. The standard InChI is InChI=1S/C16H10N6O/c1-3-11-17-9(1)10-2-4-12(18-10)20-14-6-8-16(22-14)23-15-7-5-13(19-11)21-15/h1-8,17-18H. The van der Waals surface area contributed by atoms with Crippen LogP contribution in [0.1, 0.15) is 23.4 Å². The summed E-state index contributed by atoms with van der Waals surface area (Å²) in [5, 5.41) is 0. The average molecular weight is 302 g/mol. The van der Waals surface area contributed by atoms with Crippen LogP contribution in [0.5, 0.6) is 0 Å². The van der Waals surface area contributed by atoms with Gasteiger partial charge in [0, 0.05) is 12.2 Å². The largest absolute Gasteiger partial charge is 0.421 e. The number of nitrogens with one attached hydrogen (secondary N) is 2. The summed E-state index contributed by atoms with van der Waals surface area (Å²) >= 11 is 0. The first kappa shape index (κ1) is 12.1. The van der Waals surface area contributed by atoms with Crippen LogP contribution in [0.15, 0.2) is 28.7 Å². The highest BCUT2D eigenvalue weighted by molar-refractivity contribution is 5.79. The van der Waals surface area contributed by atoms with E-state index in [2.05, 4.69) is 29.9 Å². The van der Waals surface area contributed by atoms with Gasteiger partial charge in [-0.05, 0) is 36.4 Å². The monoisotopic (exact) mass is 302 g/mol. The highest BCUT2D eigenvalue weighted by Crippen LogP contribution is 2.15. The highest BCUT2D eigenvalue weighted by atomic mass is 16.4. The molecule has 7 heteroatoms. The van der Waals surface area contributed by atoms with Crippen molar-refractivity contribution in [3.8, 4) is 0 Å². The third kappa shape index (κ3) is 2.15. The summed E-state index contributed by atoms with van der Waals surface area (Å²) in [5.74, 6) is 2.06. The molecule has 0 spiro atoms. The van der Waals surface area contributed by atoms with Crippen molar-refractivity contribution in [2.45, 2.75) is 0 Å². The van der Waals surface area contributed by atoms with E-state index in [1.54, 1.807) is 24.3 Å². The molecule has 0 aromatic carbocycles. The normalized spacial score (nSPS) is 12.9. The Balaban J connectivity index is 1.90. The molecule has 23 heavy (non-hydrogen) atoms. The number of aromatic nitrogens is 6. The van der Waals surface area contributed by atoms with Crippen LogP contribution >= 0.6 is 0 Å². The molecular weight excluding hydrogens is 292 g/mol. The topological polar surface area (TPSA) is 96.3 Å². The van der Waals surface area contributed by atoms with Crippen LogP contribution in [0.4, 0.5) is 0 Å². The van der Waals surface area contributed by atoms with E-state index < -0.39 is 0 Å². The number of rotatable bonds is 0. The van der Waals surface area contributed by atoms with Crippen molar-refractivity contribution in [3.63, 3.8) is 0 Å². The Morgan fingerprint density at radius 3 is 1.65 bits per heavy atom. The zero-order valence-electron chi connectivity index (χ0n) is 11.8. The van der Waals surface area contributed by atoms with Gasteiger partial charge in [0.15, 0.2) is 11.6 Å². The quantitative estimate of drug-likeness (QED) is 0.458. The predicted octanol–water partition coefficient (Wildman–Crippen LogP) is 3.04. The summed E-state index contributed by atoms with van der Waals surface area (Å²) in [4.78, 5) is 24.0. The maximum atomic E-state index is 5.63. The van der Waals surface area contributed by atoms with Crippen molar-refractivity contribution in [2.75, 3.05) is 0 Å². The number of hydrogen-bond donors (Lipinski definition) is 2. The molecule has 0 saturated carbocycles. The van der Waals surface area contributed by atoms with E-state index in [4.69, 9.17) is 4.42 Å². The molecule has 7 nitrogen and oxygen atoms in total. The van der Waals surface area contributed by atoms with Gasteiger partial charge in [-0.15, -0.1) is 0 Å². The van der Waals surface area contributed by atoms with E-state index in [0.717, 1.165) is 22.3 Å². The van der Waals surface area contributed by atoms with Gasteiger partial charge in [-0.25, -0.2) is 9.97 Å². The van der Waals surface area contributed by atoms with Crippen molar-refractivity contribution in [3.05, 3.63) is 47.7 Å². The summed E-state index contributed by atoms with van der Waals surface area (Å²) < 4.78 is 5.63. The van der Waals surface area contributed by atoms with Crippen LogP contribution in [-0.4, -0.2) is 29.9 Å². The Bertz CT molecular complexity index is 1040. The van der Waals surface area contributed by atoms with E-state index in [1.165, 1.54) is 0 Å². The maximum absolute atomic E-state index is 5.63. The van der Waals surface area contributed by atoms with Gasteiger partial charge in [-0.3, -0.25) is 0 Å². The molecule has 2 N–H and O–H groups in total. The van der Waals surface area contributed by atoms with Crippen LogP contribution in [-0.2, 0) is 0 Å². The van der Waals surface area contributed by atoms with Crippen LogP contribution in [0.25, 0.3) is 46.6 Å². The fourth-order valence-electron chi connectivity index (χ4n) is 2.47. The Kier molecular flexibility index (Phi) is 2.37. The Morgan fingerprint density at radius 2 is 1.13 bits per heavy atom. The van der Waals surface area contributed by atoms with Crippen molar-refractivity contribution >= 4 is 46.6 Å². The van der Waals surface area contributed by atoms with Gasteiger partial charge >= 0.3 is 0 Å². The minimum Gasteiger partial charge on any atom is -0.421 e. The van der Waals surface area contributed by atoms with Crippen molar-refractivity contribution < 1.29 is 4.42 Å². The van der Waals surface area contributed by atoms with Gasteiger partial charge in [-0.2, -0.15) is 9.97 Å². The molecule has 5 heterocycles. The molecular formula is C16H10N6O. The first-order valence-electron chi connectivity index (χ1n) is 7.09. The molecule has 0 atom stereocenters. The van der Waals surface area contributed by atoms with Gasteiger partial charge in [0.1, 0.15) is 11.3 Å². The highest BCUT2D eigenvalue weighted by Gasteiger charge is 2.06. The Morgan fingerprint density at radius 1 is 0.609 bits per heavy atom. The second-order valence-corrected chi connectivity index (χ2v) is 5.12. The summed E-state index contributed by atoms with van der Waals surface area (Å²) in [5.41, 5.74) is 3.31. The zero-order chi connectivity index (χ0) is 15.2. The van der Waals surface area contributed by atoms with Crippen molar-refractivity contribution in [2.24, 2.45) is 0 Å². The molecule has 3 aromatic rings. The Labute approximate surface area is 129 Å². The second kappa shape index (κ2) is 4.51. The minimum absolute atomic E-state index is 0.455. The maximum Gasteiger partial charge on any atom is 0.223 e. The summed E-state index contributed by atoms with van der Waals surface area (Å²) in [6, 6.07) is 7.72. The lowest BCUT2D eigenvalue weighted by Crippen LogP contribution is -1.81. The second-order valence-electron chi connectivity index (χ2n) is 5.12. The molecule has 0 saturated heterocycles. The molecule has 0 amide bonds. The van der Waals surface area contributed by atoms with Crippen LogP contribution in [0, 0.1) is 0 Å². The molecule has 0 fully saturated rings. The molecule has 0 radical (unpaired) electrons. The van der Waals surface area contributed by atoms with Crippen molar-refractivity contribution in [1.29, 1.82) is 0 Å². The van der Waals surface area contributed by atoms with Crippen molar-refractivity contribution in [1.82, 2.24) is 29.9 Å². The summed E-state index contributed by atoms with van der Waals surface area (Å²) in [7, 11) is 0. The molecule has 0 unspecified atom stereocenters. The Hall–Kier alpha value is -3.48. The fourth-order valence-corrected chi connectivity index (χ4v) is 2.47. The van der Waals surface area contributed by atoms with E-state index in [9.17, 15) is 0 Å². The predicted molar refractivity (Wildman–Crippen MR) is 86.7 cm³/mol. The van der Waals surface area contributed by atoms with E-state index >= 15 is 0 Å². The van der Waals surface area contributed by atoms with Gasteiger partial charge in [-0.1, -0.05) is 0 Å². The molecule has 110 valence electrons. The van der Waals surface area contributed by atoms with Crippen LogP contribution in [0.2, 0.25) is 0 Å². The number of nitrogens with zero attached hydrogens (tertiary/aromatic N) is 4. The lowest BCUT2D eigenvalue weighted by atomic mass is 10.4. The third-order valence-electron chi connectivity index (χ3n) is 3.51. The lowest BCUT2D eigenvalue weighted by Gasteiger charge is -1.84. The smallest absolute Gasteiger partial charge is 0.223 e. The average Bonchev–Trinajstić information content (AvgIpc) is 3.28. The molecule has 5 rings (SSSR count). The first-order valence-corrected chi connectivity index (χ1v) is 7.09. The SMILES string of the molecule is C1=Cc2nc1nc1ccc([nH]1)c1ccc(nc3nc(o2)C=C3)[nH]1. The van der Waals surface area contributed by atoms with Gasteiger partial charge in [0.2, 0.25) is 11.8 Å². The van der Waals surface area contributed by atoms with E-state index in [-0.39, 0.29) is 0 Å². The number of aromatic amines is 2. The number of fused-ring (bicyclic) bond motifs is 9. The van der Waals surface area contributed by atoms with E-state index in [0.29, 0.717) is 23.4 Å². The van der Waals surface area contributed by atoms with E-state index in [1.807, 2.05) is 24.3 Å². The number of H-pyrrole nitrogens is 2. The summed E-state index contributed by atoms with van der Waals surface area (Å²) in [6.45, 7) is 0. The van der Waals surface area contributed by atoms with Crippen LogP contribution in [0.3, 0.4) is 0 Å². The molecule has 8 bridgehead atoms. The minimum atomic E-state index is 0.455. The number of hydrogen-bond acceptors (Lipinski definition) is 5. The first-order chi connectivity index (χ1) is 11.3. The molecule has 2 aliphatic heterocycles. The molecule has 2 aliphatic rings. The van der Waals surface area contributed by atoms with Gasteiger partial charge in [0.05, 0.1) is 11.0 Å². The zero-order valence-corrected chi connectivity index (χ0v) is 11.8. The molecule has 0 aliphatic carbocycles. The third-order valence-corrected chi connectivity index (χ3v) is 3.51. The van der Waals surface area contributed by atoms with Gasteiger partial charge < -0.3 is 14.4 Å². The van der Waals surface area contributed by atoms with Crippen LogP contribution < -0.4 is 0 Å².